The zero-order valence-electron chi connectivity index (χ0n) is 8.23. The van der Waals surface area contributed by atoms with E-state index in [1.54, 1.807) is 0 Å². The topological polar surface area (TPSA) is 46.2 Å². The third kappa shape index (κ3) is 2.17. The highest BCUT2D eigenvalue weighted by Gasteiger charge is 2.16. The summed E-state index contributed by atoms with van der Waals surface area (Å²) < 4.78 is 3.71. The number of carbonyl (C=O) groups is 2. The van der Waals surface area contributed by atoms with Crippen LogP contribution in [0.1, 0.15) is 31.8 Å². The molecule has 0 bridgehead atoms. The van der Waals surface area contributed by atoms with Crippen molar-refractivity contribution in [3.05, 3.63) is 25.8 Å². The molecule has 0 unspecified atom stereocenters. The predicted molar refractivity (Wildman–Crippen MR) is 77.1 cm³/mol. The van der Waals surface area contributed by atoms with Gasteiger partial charge < -0.3 is 3.53 Å². The van der Waals surface area contributed by atoms with Gasteiger partial charge in [0.25, 0.3) is 0 Å². The van der Waals surface area contributed by atoms with E-state index in [0.29, 0.717) is 11.1 Å². The first-order chi connectivity index (χ1) is 7.08. The zero-order chi connectivity index (χ0) is 11.6. The Balaban J connectivity index is 3.72. The Morgan fingerprint density at radius 3 is 1.73 bits per heavy atom. The molecule has 0 aliphatic carbocycles. The van der Waals surface area contributed by atoms with Crippen LogP contribution in [0.2, 0.25) is 0 Å². The van der Waals surface area contributed by atoms with Crippen molar-refractivity contribution in [2.45, 2.75) is 13.8 Å². The molecule has 0 saturated carbocycles. The average molecular weight is 429 g/mol. The summed E-state index contributed by atoms with van der Waals surface area (Å²) in [6, 6.07) is 0. The summed E-state index contributed by atoms with van der Waals surface area (Å²) in [7, 11) is 0. The molecule has 0 heterocycles. The minimum absolute atomic E-state index is 0.586. The minimum Gasteiger partial charge on any atom is -0.328 e. The highest BCUT2D eigenvalue weighted by atomic mass is 127. The second kappa shape index (κ2) is 5.24. The van der Waals surface area contributed by atoms with Gasteiger partial charge >= 0.3 is 0 Å². The molecule has 0 saturated heterocycles. The third-order valence-electron chi connectivity index (χ3n) is 2.36. The Kier molecular flexibility index (Phi) is 4.50. The smallest absolute Gasteiger partial charge is 0.151 e. The quantitative estimate of drug-likeness (QED) is 0.456. The van der Waals surface area contributed by atoms with Crippen LogP contribution >= 0.6 is 45.5 Å². The van der Waals surface area contributed by atoms with Crippen molar-refractivity contribution in [1.29, 1.82) is 0 Å². The number of anilines is 1. The van der Waals surface area contributed by atoms with Gasteiger partial charge in [-0.2, -0.15) is 0 Å². The Morgan fingerprint density at radius 2 is 1.47 bits per heavy atom. The number of benzene rings is 1. The zero-order valence-corrected chi connectivity index (χ0v) is 12.5. The van der Waals surface area contributed by atoms with Gasteiger partial charge in [0.2, 0.25) is 0 Å². The van der Waals surface area contributed by atoms with Crippen molar-refractivity contribution in [3.63, 3.8) is 0 Å². The Morgan fingerprint density at radius 1 is 1.07 bits per heavy atom. The normalized spacial score (nSPS) is 9.87. The molecule has 0 aliphatic rings. The van der Waals surface area contributed by atoms with Gasteiger partial charge in [-0.05, 0) is 47.6 Å². The third-order valence-corrected chi connectivity index (χ3v) is 4.06. The molecule has 1 rings (SSSR count). The summed E-state index contributed by atoms with van der Waals surface area (Å²) in [6.07, 6.45) is 1.59. The largest absolute Gasteiger partial charge is 0.328 e. The van der Waals surface area contributed by atoms with Gasteiger partial charge in [0.05, 0.1) is 28.6 Å². The van der Waals surface area contributed by atoms with Crippen LogP contribution in [0.25, 0.3) is 0 Å². The van der Waals surface area contributed by atoms with Gasteiger partial charge in [-0.25, -0.2) is 0 Å². The maximum atomic E-state index is 10.9. The molecule has 0 fully saturated rings. The van der Waals surface area contributed by atoms with Gasteiger partial charge in [-0.3, -0.25) is 9.59 Å². The lowest BCUT2D eigenvalue weighted by Gasteiger charge is -2.14. The lowest BCUT2D eigenvalue weighted by Crippen LogP contribution is -2.04. The molecular formula is C10H9I2NO2. The monoisotopic (exact) mass is 429 g/mol. The fourth-order valence-corrected chi connectivity index (χ4v) is 3.32. The lowest BCUT2D eigenvalue weighted by atomic mass is 9.99. The number of aldehydes is 2. The van der Waals surface area contributed by atoms with Gasteiger partial charge in [-0.1, -0.05) is 0 Å². The average Bonchev–Trinajstić information content (AvgIpc) is 2.19. The molecule has 1 N–H and O–H groups in total. The number of nitrogens with one attached hydrogen (secondary N) is 1. The van der Waals surface area contributed by atoms with E-state index < -0.39 is 0 Å². The molecule has 15 heavy (non-hydrogen) atoms. The fraction of sp³-hybridized carbons (Fsp3) is 0.200. The van der Waals surface area contributed by atoms with E-state index in [1.807, 2.05) is 59.3 Å². The van der Waals surface area contributed by atoms with E-state index >= 15 is 0 Å². The van der Waals surface area contributed by atoms with Gasteiger partial charge in [0.15, 0.2) is 12.6 Å². The second-order valence-electron chi connectivity index (χ2n) is 3.10. The van der Waals surface area contributed by atoms with E-state index in [2.05, 4.69) is 3.53 Å². The Labute approximate surface area is 116 Å². The molecule has 1 aromatic carbocycles. The van der Waals surface area contributed by atoms with Crippen LogP contribution in [0.4, 0.5) is 5.69 Å². The Bertz CT molecular complexity index is 395. The molecule has 80 valence electrons. The maximum absolute atomic E-state index is 10.9. The van der Waals surface area contributed by atoms with Crippen LogP contribution in [-0.2, 0) is 0 Å². The van der Waals surface area contributed by atoms with E-state index in [0.717, 1.165) is 33.0 Å². The van der Waals surface area contributed by atoms with Crippen LogP contribution in [0.5, 0.6) is 0 Å². The van der Waals surface area contributed by atoms with Crippen molar-refractivity contribution in [2.24, 2.45) is 0 Å². The number of hydrogen-bond acceptors (Lipinski definition) is 3. The van der Waals surface area contributed by atoms with E-state index in [4.69, 9.17) is 0 Å². The molecule has 3 nitrogen and oxygen atoms in total. The first kappa shape index (κ1) is 12.9. The molecule has 5 heteroatoms. The number of carbonyl (C=O) groups excluding carboxylic acids is 2. The fourth-order valence-electron chi connectivity index (χ4n) is 1.45. The number of hydrogen-bond donors (Lipinski definition) is 1. The van der Waals surface area contributed by atoms with Crippen molar-refractivity contribution in [1.82, 2.24) is 0 Å². The van der Waals surface area contributed by atoms with Crippen molar-refractivity contribution < 1.29 is 9.59 Å². The van der Waals surface area contributed by atoms with Crippen LogP contribution in [0, 0.1) is 17.4 Å². The highest BCUT2D eigenvalue weighted by molar-refractivity contribution is 14.1. The molecule has 0 radical (unpaired) electrons. The molecule has 0 aromatic heterocycles. The maximum Gasteiger partial charge on any atom is 0.151 e. The summed E-state index contributed by atoms with van der Waals surface area (Å²) in [4.78, 5) is 21.9. The van der Waals surface area contributed by atoms with Crippen LogP contribution < -0.4 is 3.53 Å². The van der Waals surface area contributed by atoms with Crippen molar-refractivity contribution in [3.8, 4) is 0 Å². The van der Waals surface area contributed by atoms with E-state index in [1.165, 1.54) is 0 Å². The summed E-state index contributed by atoms with van der Waals surface area (Å²) >= 11 is 4.03. The number of halogens is 2. The first-order valence-electron chi connectivity index (χ1n) is 4.18. The summed E-state index contributed by atoms with van der Waals surface area (Å²) in [5.41, 5.74) is 3.78. The lowest BCUT2D eigenvalue weighted by molar-refractivity contribution is 0.112. The highest BCUT2D eigenvalue weighted by Crippen LogP contribution is 2.31. The number of rotatable bonds is 3. The summed E-state index contributed by atoms with van der Waals surface area (Å²) in [5, 5.41) is 0. The standard InChI is InChI=1S/C10H9I2NO2/c1-5-7(3-14)9(11)8(4-15)6(2)10(5)13-12/h3-4,13H,1-2H3. The Hall–Kier alpha value is -0.180. The predicted octanol–water partition coefficient (Wildman–Crippen LogP) is 3.29. The van der Waals surface area contributed by atoms with Gasteiger partial charge in [0.1, 0.15) is 0 Å². The summed E-state index contributed by atoms with van der Waals surface area (Å²) in [5.74, 6) is 0. The molecular weight excluding hydrogens is 420 g/mol. The van der Waals surface area contributed by atoms with Crippen molar-refractivity contribution in [2.75, 3.05) is 3.53 Å². The molecule has 0 aliphatic heterocycles. The minimum atomic E-state index is 0.586. The molecule has 0 amide bonds. The molecule has 1 aromatic rings. The second-order valence-corrected chi connectivity index (χ2v) is 4.71. The van der Waals surface area contributed by atoms with Crippen LogP contribution in [0.3, 0.4) is 0 Å². The first-order valence-corrected chi connectivity index (χ1v) is 6.33. The molecule has 0 atom stereocenters. The molecule has 0 spiro atoms. The van der Waals surface area contributed by atoms with Gasteiger partial charge in [0, 0.05) is 14.7 Å². The van der Waals surface area contributed by atoms with Crippen LogP contribution in [-0.4, -0.2) is 12.6 Å². The van der Waals surface area contributed by atoms with Crippen LogP contribution in [0.15, 0.2) is 0 Å². The van der Waals surface area contributed by atoms with Crippen molar-refractivity contribution >= 4 is 63.7 Å². The van der Waals surface area contributed by atoms with Gasteiger partial charge in [-0.15, -0.1) is 0 Å². The SMILES string of the molecule is Cc1c(C=O)c(I)c(C=O)c(C)c1NI. The van der Waals surface area contributed by atoms with E-state index in [-0.39, 0.29) is 0 Å². The van der Waals surface area contributed by atoms with E-state index in [9.17, 15) is 9.59 Å². The summed E-state index contributed by atoms with van der Waals surface area (Å²) in [6.45, 7) is 3.74.